The molecule has 3 rings (SSSR count). The molecule has 2 aromatic rings. The normalized spacial score (nSPS) is 17.0. The van der Waals surface area contributed by atoms with Gasteiger partial charge in [0.25, 0.3) is 0 Å². The third-order valence-electron chi connectivity index (χ3n) is 5.00. The summed E-state index contributed by atoms with van der Waals surface area (Å²) in [7, 11) is -0.917. The van der Waals surface area contributed by atoms with E-state index < -0.39 is 8.15 Å². The predicted molar refractivity (Wildman–Crippen MR) is 116 cm³/mol. The lowest BCUT2D eigenvalue weighted by atomic mass is 9.86. The van der Waals surface area contributed by atoms with E-state index in [1.165, 1.54) is 10.6 Å². The molecule has 27 heavy (non-hydrogen) atoms. The third kappa shape index (κ3) is 4.78. The molecule has 0 spiro atoms. The molecule has 3 nitrogen and oxygen atoms in total. The van der Waals surface area contributed by atoms with Crippen LogP contribution in [0.4, 0.5) is 0 Å². The molecule has 0 saturated heterocycles. The summed E-state index contributed by atoms with van der Waals surface area (Å²) in [6.07, 6.45) is 4.12. The van der Waals surface area contributed by atoms with Crippen LogP contribution < -0.4 is 10.6 Å². The van der Waals surface area contributed by atoms with Gasteiger partial charge in [0.1, 0.15) is 12.6 Å². The first kappa shape index (κ1) is 20.0. The van der Waals surface area contributed by atoms with Crippen molar-refractivity contribution in [2.24, 2.45) is 4.99 Å². The Kier molecular flexibility index (Phi) is 7.04. The first-order valence-electron chi connectivity index (χ1n) is 9.95. The van der Waals surface area contributed by atoms with Crippen LogP contribution in [0.2, 0.25) is 0 Å². The van der Waals surface area contributed by atoms with Crippen LogP contribution in [0.3, 0.4) is 0 Å². The van der Waals surface area contributed by atoms with Crippen LogP contribution in [-0.4, -0.2) is 24.1 Å². The summed E-state index contributed by atoms with van der Waals surface area (Å²) >= 11 is 0. The van der Waals surface area contributed by atoms with Crippen molar-refractivity contribution >= 4 is 24.7 Å². The quantitative estimate of drug-likeness (QED) is 0.557. The van der Waals surface area contributed by atoms with Crippen LogP contribution in [0.15, 0.2) is 65.7 Å². The van der Waals surface area contributed by atoms with Crippen molar-refractivity contribution in [1.82, 2.24) is 0 Å². The number of hydrogen-bond acceptors (Lipinski definition) is 3. The van der Waals surface area contributed by atoms with E-state index in [1.54, 1.807) is 0 Å². The smallest absolute Gasteiger partial charge is 0.180 e. The molecule has 0 unspecified atom stereocenters. The maximum atomic E-state index is 7.10. The zero-order valence-corrected chi connectivity index (χ0v) is 17.5. The summed E-state index contributed by atoms with van der Waals surface area (Å²) in [6.45, 7) is 7.03. The molecule has 1 aliphatic rings. The molecular formula is C23H30NO2P. The first-order valence-corrected chi connectivity index (χ1v) is 11.2. The molecule has 144 valence electrons. The summed E-state index contributed by atoms with van der Waals surface area (Å²) in [6, 6.07) is 21.3. The van der Waals surface area contributed by atoms with E-state index in [9.17, 15) is 0 Å². The zero-order chi connectivity index (χ0) is 19.1. The Balaban J connectivity index is 2.01. The molecule has 0 aliphatic carbocycles. The lowest BCUT2D eigenvalue weighted by molar-refractivity contribution is 0.0295. The van der Waals surface area contributed by atoms with Crippen LogP contribution >= 0.6 is 8.15 Å². The monoisotopic (exact) mass is 383 g/mol. The Morgan fingerprint density at radius 3 is 1.89 bits per heavy atom. The summed E-state index contributed by atoms with van der Waals surface area (Å²) < 4.78 is 12.8. The summed E-state index contributed by atoms with van der Waals surface area (Å²) in [4.78, 5) is 4.82. The highest BCUT2D eigenvalue weighted by molar-refractivity contribution is 7.68. The van der Waals surface area contributed by atoms with E-state index in [2.05, 4.69) is 74.5 Å². The van der Waals surface area contributed by atoms with E-state index in [0.29, 0.717) is 6.61 Å². The fourth-order valence-corrected chi connectivity index (χ4v) is 5.85. The van der Waals surface area contributed by atoms with E-state index in [-0.39, 0.29) is 11.6 Å². The molecule has 0 bridgehead atoms. The Labute approximate surface area is 164 Å². The van der Waals surface area contributed by atoms with Crippen molar-refractivity contribution in [2.45, 2.75) is 58.1 Å². The summed E-state index contributed by atoms with van der Waals surface area (Å²) in [5, 5.41) is 2.49. The van der Waals surface area contributed by atoms with Gasteiger partial charge < -0.3 is 9.26 Å². The van der Waals surface area contributed by atoms with Crippen LogP contribution in [0.25, 0.3) is 0 Å². The van der Waals surface area contributed by atoms with Gasteiger partial charge in [-0.1, -0.05) is 87.4 Å². The molecule has 0 N–H and O–H groups in total. The zero-order valence-electron chi connectivity index (χ0n) is 16.6. The van der Waals surface area contributed by atoms with Crippen LogP contribution in [0, 0.1) is 0 Å². The molecule has 4 heteroatoms. The minimum atomic E-state index is -0.917. The van der Waals surface area contributed by atoms with Crippen molar-refractivity contribution in [3.05, 3.63) is 60.7 Å². The average Bonchev–Trinajstić information content (AvgIpc) is 3.15. The highest BCUT2D eigenvalue weighted by Crippen LogP contribution is 2.46. The number of nitrogens with zero attached hydrogens (tertiary/aromatic N) is 1. The Hall–Kier alpha value is -1.70. The lowest BCUT2D eigenvalue weighted by Gasteiger charge is -2.39. The van der Waals surface area contributed by atoms with E-state index in [4.69, 9.17) is 14.3 Å². The second kappa shape index (κ2) is 9.48. The van der Waals surface area contributed by atoms with Gasteiger partial charge in [-0.05, 0) is 12.8 Å². The molecule has 1 aliphatic heterocycles. The van der Waals surface area contributed by atoms with Gasteiger partial charge in [0.2, 0.25) is 0 Å². The number of ether oxygens (including phenoxy) is 1. The molecular weight excluding hydrogens is 353 g/mol. The van der Waals surface area contributed by atoms with Crippen LogP contribution in [-0.2, 0) is 9.26 Å². The fourth-order valence-electron chi connectivity index (χ4n) is 3.78. The maximum absolute atomic E-state index is 7.10. The SMILES string of the molecule is CCCC(CCC)(OP(c1ccccc1)c1ccccc1)[C@@H]1COC(C)=N1. The van der Waals surface area contributed by atoms with Gasteiger partial charge in [0.05, 0.1) is 13.7 Å². The van der Waals surface area contributed by atoms with Gasteiger partial charge in [-0.2, -0.15) is 0 Å². The standard InChI is InChI=1S/C23H30NO2P/c1-4-16-23(17-5-2,22-18-25-19(3)24-22)26-27(20-12-8-6-9-13-20)21-14-10-7-11-15-21/h6-15,22H,4-5,16-18H2,1-3H3/t22-/m0/s1. The highest BCUT2D eigenvalue weighted by Gasteiger charge is 2.43. The van der Waals surface area contributed by atoms with E-state index >= 15 is 0 Å². The van der Waals surface area contributed by atoms with Gasteiger partial charge in [-0.25, -0.2) is 4.99 Å². The van der Waals surface area contributed by atoms with Crippen molar-refractivity contribution in [3.8, 4) is 0 Å². The molecule has 1 heterocycles. The predicted octanol–water partition coefficient (Wildman–Crippen LogP) is 5.21. The van der Waals surface area contributed by atoms with E-state index in [0.717, 1.165) is 31.6 Å². The van der Waals surface area contributed by atoms with Crippen LogP contribution in [0.5, 0.6) is 0 Å². The molecule has 0 saturated carbocycles. The second-order valence-electron chi connectivity index (χ2n) is 7.10. The largest absolute Gasteiger partial charge is 0.479 e. The average molecular weight is 383 g/mol. The molecule has 0 aromatic heterocycles. The van der Waals surface area contributed by atoms with Gasteiger partial charge in [-0.15, -0.1) is 0 Å². The number of hydrogen-bond donors (Lipinski definition) is 0. The molecule has 0 radical (unpaired) electrons. The van der Waals surface area contributed by atoms with E-state index in [1.807, 2.05) is 6.92 Å². The Morgan fingerprint density at radius 2 is 1.48 bits per heavy atom. The van der Waals surface area contributed by atoms with Crippen molar-refractivity contribution < 1.29 is 9.26 Å². The minimum Gasteiger partial charge on any atom is -0.479 e. The summed E-state index contributed by atoms with van der Waals surface area (Å²) in [5.41, 5.74) is -0.293. The van der Waals surface area contributed by atoms with Crippen LogP contribution in [0.1, 0.15) is 46.5 Å². The minimum absolute atomic E-state index is 0.0647. The lowest BCUT2D eigenvalue weighted by Crippen LogP contribution is -2.45. The first-order chi connectivity index (χ1) is 13.2. The Bertz CT molecular complexity index is 687. The highest BCUT2D eigenvalue weighted by atomic mass is 31.1. The summed E-state index contributed by atoms with van der Waals surface area (Å²) in [5.74, 6) is 0.781. The van der Waals surface area contributed by atoms with Gasteiger partial charge in [-0.3, -0.25) is 0 Å². The number of rotatable bonds is 9. The molecule has 2 aromatic carbocycles. The fraction of sp³-hybridized carbons (Fsp3) is 0.435. The third-order valence-corrected chi connectivity index (χ3v) is 7.08. The van der Waals surface area contributed by atoms with Gasteiger partial charge in [0, 0.05) is 17.5 Å². The molecule has 0 fully saturated rings. The number of benzene rings is 2. The van der Waals surface area contributed by atoms with Crippen molar-refractivity contribution in [3.63, 3.8) is 0 Å². The van der Waals surface area contributed by atoms with Gasteiger partial charge in [0.15, 0.2) is 5.90 Å². The van der Waals surface area contributed by atoms with Crippen molar-refractivity contribution in [2.75, 3.05) is 6.61 Å². The topological polar surface area (TPSA) is 30.8 Å². The molecule has 1 atom stereocenters. The molecule has 0 amide bonds. The van der Waals surface area contributed by atoms with Crippen molar-refractivity contribution in [1.29, 1.82) is 0 Å². The number of aliphatic imine (C=N–C) groups is 1. The maximum Gasteiger partial charge on any atom is 0.180 e. The Morgan fingerprint density at radius 1 is 0.963 bits per heavy atom. The van der Waals surface area contributed by atoms with Gasteiger partial charge >= 0.3 is 0 Å². The second-order valence-corrected chi connectivity index (χ2v) is 8.90.